The van der Waals surface area contributed by atoms with Crippen LogP contribution in [0.2, 0.25) is 5.02 Å². The lowest BCUT2D eigenvalue weighted by atomic mass is 9.77. The number of carbonyl (C=O) groups is 2. The highest BCUT2D eigenvalue weighted by atomic mass is 35.5. The number of carbonyl (C=O) groups excluding carboxylic acids is 2. The maximum atomic E-state index is 13.7. The van der Waals surface area contributed by atoms with Crippen LogP contribution in [-0.2, 0) is 4.79 Å². The first-order valence-electron chi connectivity index (χ1n) is 12.0. The average molecular weight is 498 g/mol. The Labute approximate surface area is 209 Å². The van der Waals surface area contributed by atoms with Crippen molar-refractivity contribution >= 4 is 51.8 Å². The summed E-state index contributed by atoms with van der Waals surface area (Å²) in [5.74, 6) is 0.631. The smallest absolute Gasteiger partial charge is 0.277 e. The van der Waals surface area contributed by atoms with Gasteiger partial charge in [-0.1, -0.05) is 30.9 Å². The molecule has 1 aliphatic heterocycles. The normalized spacial score (nSPS) is 17.4. The molecule has 0 bridgehead atoms. The van der Waals surface area contributed by atoms with Gasteiger partial charge in [-0.3, -0.25) is 19.1 Å². The molecule has 0 unspecified atom stereocenters. The minimum Gasteiger partial charge on any atom is -0.454 e. The van der Waals surface area contributed by atoms with Crippen LogP contribution < -0.4 is 0 Å². The van der Waals surface area contributed by atoms with Crippen LogP contribution in [0.5, 0.6) is 0 Å². The Hall–Kier alpha value is -2.64. The highest BCUT2D eigenvalue weighted by Crippen LogP contribution is 2.42. The molecule has 1 fully saturated rings. The topological polar surface area (TPSA) is 58.7 Å². The molecule has 0 saturated heterocycles. The number of halogens is 1. The molecule has 2 amide bonds. The van der Waals surface area contributed by atoms with Gasteiger partial charge < -0.3 is 9.32 Å². The van der Waals surface area contributed by atoms with Crippen molar-refractivity contribution in [3.8, 4) is 11.3 Å². The molecule has 0 spiro atoms. The van der Waals surface area contributed by atoms with Crippen molar-refractivity contribution in [2.45, 2.75) is 57.9 Å². The Morgan fingerprint density at radius 3 is 2.44 bits per heavy atom. The fourth-order valence-corrected chi connectivity index (χ4v) is 6.09. The van der Waals surface area contributed by atoms with Gasteiger partial charge in [-0.15, -0.1) is 0 Å². The van der Waals surface area contributed by atoms with Gasteiger partial charge in [0.15, 0.2) is 10.7 Å². The molecule has 0 radical (unpaired) electrons. The summed E-state index contributed by atoms with van der Waals surface area (Å²) in [4.78, 5) is 30.5. The fourth-order valence-electron chi connectivity index (χ4n) is 5.49. The maximum absolute atomic E-state index is 13.7. The summed E-state index contributed by atoms with van der Waals surface area (Å²) in [5.41, 5.74) is 2.20. The molecular weight excluding hydrogens is 470 g/mol. The predicted octanol–water partition coefficient (Wildman–Crippen LogP) is 6.10. The highest BCUT2D eigenvalue weighted by Gasteiger charge is 2.50. The number of hydrogen-bond donors (Lipinski definition) is 0. The summed E-state index contributed by atoms with van der Waals surface area (Å²) in [6.07, 6.45) is 4.93. The van der Waals surface area contributed by atoms with E-state index in [2.05, 4.69) is 0 Å². The molecular formula is C26H28ClN3O3S. The van der Waals surface area contributed by atoms with Gasteiger partial charge in [0.05, 0.1) is 17.5 Å². The van der Waals surface area contributed by atoms with Crippen LogP contribution in [0.3, 0.4) is 0 Å². The van der Waals surface area contributed by atoms with Crippen molar-refractivity contribution < 1.29 is 14.0 Å². The molecule has 5 rings (SSSR count). The number of aromatic nitrogens is 1. The third kappa shape index (κ3) is 3.66. The number of hydrogen-bond acceptors (Lipinski definition) is 4. The molecule has 0 atom stereocenters. The molecule has 2 aromatic heterocycles. The number of fused-ring (bicyclic) bond motifs is 3. The van der Waals surface area contributed by atoms with Gasteiger partial charge in [0, 0.05) is 35.8 Å². The quantitative estimate of drug-likeness (QED) is 0.386. The Kier molecular flexibility index (Phi) is 6.02. The van der Waals surface area contributed by atoms with Crippen molar-refractivity contribution in [3.63, 3.8) is 0 Å². The van der Waals surface area contributed by atoms with Crippen LogP contribution in [0.25, 0.3) is 22.4 Å². The van der Waals surface area contributed by atoms with Crippen LogP contribution in [0.15, 0.2) is 40.8 Å². The summed E-state index contributed by atoms with van der Waals surface area (Å²) >= 11 is 11.9. The number of rotatable bonds is 6. The first kappa shape index (κ1) is 23.1. The van der Waals surface area contributed by atoms with E-state index in [0.29, 0.717) is 46.7 Å². The van der Waals surface area contributed by atoms with Gasteiger partial charge in [-0.2, -0.15) is 0 Å². The first-order chi connectivity index (χ1) is 16.4. The van der Waals surface area contributed by atoms with Gasteiger partial charge in [-0.05, 0) is 63.2 Å². The Balaban J connectivity index is 1.52. The minimum atomic E-state index is -0.583. The third-order valence-electron chi connectivity index (χ3n) is 7.28. The van der Waals surface area contributed by atoms with Crippen molar-refractivity contribution in [2.75, 3.05) is 13.1 Å². The van der Waals surface area contributed by atoms with E-state index >= 15 is 0 Å². The standard InChI is InChI=1S/C26H28ClN3O3S/c1-3-28(4-2)23(31)16-26(12-6-5-7-13-26)30-24(32)20-15-22-19(29(20)25(30)34)14-21(33-22)17-8-10-18(27)11-9-17/h8-11,14-15H,3-7,12-13,16H2,1-2H3. The second kappa shape index (κ2) is 8.86. The number of amides is 2. The van der Waals surface area contributed by atoms with Gasteiger partial charge in [-0.25, -0.2) is 0 Å². The molecule has 178 valence electrons. The van der Waals surface area contributed by atoms with E-state index in [1.54, 1.807) is 11.0 Å². The summed E-state index contributed by atoms with van der Waals surface area (Å²) in [6.45, 7) is 5.29. The summed E-state index contributed by atoms with van der Waals surface area (Å²) in [5, 5.41) is 1.09. The monoisotopic (exact) mass is 497 g/mol. The predicted molar refractivity (Wildman–Crippen MR) is 137 cm³/mol. The van der Waals surface area contributed by atoms with Gasteiger partial charge in [0.2, 0.25) is 5.91 Å². The number of furan rings is 1. The molecule has 6 nitrogen and oxygen atoms in total. The molecule has 1 aromatic carbocycles. The van der Waals surface area contributed by atoms with Crippen molar-refractivity contribution in [2.24, 2.45) is 0 Å². The molecule has 0 N–H and O–H groups in total. The number of benzene rings is 1. The molecule has 3 heterocycles. The van der Waals surface area contributed by atoms with Crippen LogP contribution >= 0.6 is 23.8 Å². The molecule has 1 aliphatic carbocycles. The Morgan fingerprint density at radius 2 is 1.79 bits per heavy atom. The van der Waals surface area contributed by atoms with Crippen molar-refractivity contribution in [1.82, 2.24) is 14.4 Å². The lowest BCUT2D eigenvalue weighted by Crippen LogP contribution is -2.55. The van der Waals surface area contributed by atoms with Crippen molar-refractivity contribution in [3.05, 3.63) is 47.1 Å². The van der Waals surface area contributed by atoms with Crippen LogP contribution in [0, 0.1) is 0 Å². The molecule has 8 heteroatoms. The van der Waals surface area contributed by atoms with Crippen LogP contribution in [0.4, 0.5) is 0 Å². The lowest BCUT2D eigenvalue weighted by Gasteiger charge is -2.44. The van der Waals surface area contributed by atoms with Gasteiger partial charge in [0.25, 0.3) is 5.91 Å². The number of thiocarbonyl (C=S) groups is 1. The summed E-state index contributed by atoms with van der Waals surface area (Å²) < 4.78 is 7.88. The summed E-state index contributed by atoms with van der Waals surface area (Å²) in [6, 6.07) is 11.1. The highest BCUT2D eigenvalue weighted by molar-refractivity contribution is 7.80. The molecule has 34 heavy (non-hydrogen) atoms. The molecule has 2 aliphatic rings. The van der Waals surface area contributed by atoms with Crippen LogP contribution in [0.1, 0.15) is 62.9 Å². The molecule has 3 aromatic rings. The van der Waals surface area contributed by atoms with Crippen LogP contribution in [-0.4, -0.2) is 49.9 Å². The van der Waals surface area contributed by atoms with Gasteiger partial charge in [0.1, 0.15) is 11.5 Å². The van der Waals surface area contributed by atoms with E-state index in [0.717, 1.165) is 43.2 Å². The zero-order valence-corrected chi connectivity index (χ0v) is 21.0. The zero-order valence-electron chi connectivity index (χ0n) is 19.5. The average Bonchev–Trinajstić information content (AvgIpc) is 3.45. The third-order valence-corrected chi connectivity index (χ3v) is 7.90. The SMILES string of the molecule is CCN(CC)C(=O)CC1(N2C(=O)c3cc4oc(-c5ccc(Cl)cc5)cc4n3C2=S)CCCCC1. The van der Waals surface area contributed by atoms with E-state index in [1.165, 1.54) is 0 Å². The second-order valence-electron chi connectivity index (χ2n) is 9.18. The Morgan fingerprint density at radius 1 is 1.12 bits per heavy atom. The van der Waals surface area contributed by atoms with E-state index in [4.69, 9.17) is 28.2 Å². The zero-order chi connectivity index (χ0) is 24.0. The minimum absolute atomic E-state index is 0.0811. The largest absolute Gasteiger partial charge is 0.454 e. The van der Waals surface area contributed by atoms with E-state index in [-0.39, 0.29) is 11.8 Å². The molecule has 1 saturated carbocycles. The van der Waals surface area contributed by atoms with E-state index in [9.17, 15) is 9.59 Å². The second-order valence-corrected chi connectivity index (χ2v) is 9.98. The van der Waals surface area contributed by atoms with Gasteiger partial charge >= 0.3 is 0 Å². The summed E-state index contributed by atoms with van der Waals surface area (Å²) in [7, 11) is 0. The van der Waals surface area contributed by atoms with E-state index in [1.807, 2.05) is 53.6 Å². The number of nitrogens with zero attached hydrogens (tertiary/aromatic N) is 3. The fraction of sp³-hybridized carbons (Fsp3) is 0.423. The van der Waals surface area contributed by atoms with E-state index < -0.39 is 5.54 Å². The Bertz CT molecular complexity index is 1270. The maximum Gasteiger partial charge on any atom is 0.277 e. The lowest BCUT2D eigenvalue weighted by molar-refractivity contribution is -0.133. The first-order valence-corrected chi connectivity index (χ1v) is 12.7. The van der Waals surface area contributed by atoms with Crippen molar-refractivity contribution in [1.29, 1.82) is 0 Å².